The molecule has 0 aliphatic rings. The zero-order chi connectivity index (χ0) is 16.7. The van der Waals surface area contributed by atoms with Gasteiger partial charge >= 0.3 is 0 Å². The Bertz CT molecular complexity index is 695. The van der Waals surface area contributed by atoms with Crippen LogP contribution in [0.3, 0.4) is 0 Å². The quantitative estimate of drug-likeness (QED) is 0.649. The molecule has 2 aromatic carbocycles. The first-order valence-corrected chi connectivity index (χ1v) is 8.76. The maximum absolute atomic E-state index is 9.99. The highest BCUT2D eigenvalue weighted by Gasteiger charge is 2.06. The van der Waals surface area contributed by atoms with Gasteiger partial charge in [0.25, 0.3) is 0 Å². The zero-order valence-electron chi connectivity index (χ0n) is 13.7. The van der Waals surface area contributed by atoms with Gasteiger partial charge in [-0.1, -0.05) is 42.2 Å². The first kappa shape index (κ1) is 17.6. The standard InChI is InChI=1S/C20H23NOS/c1-15-6-3-7-16(2)20(15)23-13-5-9-17-8-4-10-18(14-17)19(22)11-12-21/h3-4,6-8,10,14,19,22H,11-13,21H2,1-2H3. The second-order valence-corrected chi connectivity index (χ2v) is 6.52. The van der Waals surface area contributed by atoms with E-state index >= 15 is 0 Å². The van der Waals surface area contributed by atoms with Gasteiger partial charge in [0.2, 0.25) is 0 Å². The molecule has 0 saturated carbocycles. The Morgan fingerprint density at radius 3 is 2.52 bits per heavy atom. The first-order chi connectivity index (χ1) is 11.1. The van der Waals surface area contributed by atoms with Crippen LogP contribution in [0.15, 0.2) is 47.4 Å². The van der Waals surface area contributed by atoms with Gasteiger partial charge in [-0.05, 0) is 55.6 Å². The molecule has 120 valence electrons. The van der Waals surface area contributed by atoms with Crippen LogP contribution >= 0.6 is 11.8 Å². The number of nitrogens with two attached hydrogens (primary N) is 1. The van der Waals surface area contributed by atoms with Crippen LogP contribution in [0.25, 0.3) is 0 Å². The van der Waals surface area contributed by atoms with Crippen molar-refractivity contribution in [3.8, 4) is 11.8 Å². The van der Waals surface area contributed by atoms with Crippen molar-refractivity contribution in [1.29, 1.82) is 0 Å². The van der Waals surface area contributed by atoms with Crippen LogP contribution in [0.4, 0.5) is 0 Å². The van der Waals surface area contributed by atoms with E-state index in [9.17, 15) is 5.11 Å². The van der Waals surface area contributed by atoms with E-state index in [-0.39, 0.29) is 0 Å². The van der Waals surface area contributed by atoms with Crippen molar-refractivity contribution in [2.24, 2.45) is 5.73 Å². The largest absolute Gasteiger partial charge is 0.388 e. The van der Waals surface area contributed by atoms with Gasteiger partial charge in [0.15, 0.2) is 0 Å². The SMILES string of the molecule is Cc1cccc(C)c1SCC#Cc1cccc(C(O)CCN)c1. The van der Waals surface area contributed by atoms with E-state index in [1.807, 2.05) is 24.3 Å². The number of aliphatic hydroxyl groups excluding tert-OH is 1. The van der Waals surface area contributed by atoms with Gasteiger partial charge in [-0.15, -0.1) is 11.8 Å². The van der Waals surface area contributed by atoms with Gasteiger partial charge in [-0.3, -0.25) is 0 Å². The fraction of sp³-hybridized carbons (Fsp3) is 0.300. The molecule has 2 rings (SSSR count). The summed E-state index contributed by atoms with van der Waals surface area (Å²) in [6.45, 7) is 4.74. The third kappa shape index (κ3) is 5.14. The lowest BCUT2D eigenvalue weighted by molar-refractivity contribution is 0.170. The Hall–Kier alpha value is -1.73. The molecule has 0 aliphatic heterocycles. The van der Waals surface area contributed by atoms with Crippen molar-refractivity contribution >= 4 is 11.8 Å². The molecule has 0 saturated heterocycles. The van der Waals surface area contributed by atoms with E-state index in [4.69, 9.17) is 5.73 Å². The minimum atomic E-state index is -0.509. The summed E-state index contributed by atoms with van der Waals surface area (Å²) in [6, 6.07) is 14.1. The lowest BCUT2D eigenvalue weighted by Crippen LogP contribution is -2.06. The Kier molecular flexibility index (Phi) is 6.73. The summed E-state index contributed by atoms with van der Waals surface area (Å²) in [6.07, 6.45) is 0.0602. The highest BCUT2D eigenvalue weighted by molar-refractivity contribution is 7.99. The van der Waals surface area contributed by atoms with Crippen LogP contribution in [0.2, 0.25) is 0 Å². The molecule has 0 spiro atoms. The third-order valence-corrected chi connectivity index (χ3v) is 4.86. The normalized spacial score (nSPS) is 11.7. The lowest BCUT2D eigenvalue weighted by Gasteiger charge is -2.09. The molecule has 1 atom stereocenters. The number of hydrogen-bond acceptors (Lipinski definition) is 3. The minimum absolute atomic E-state index is 0.476. The maximum atomic E-state index is 9.99. The van der Waals surface area contributed by atoms with E-state index in [1.165, 1.54) is 16.0 Å². The summed E-state index contributed by atoms with van der Waals surface area (Å²) in [5.41, 5.74) is 9.89. The number of rotatable bonds is 5. The zero-order valence-corrected chi connectivity index (χ0v) is 14.5. The third-order valence-electron chi connectivity index (χ3n) is 3.64. The summed E-state index contributed by atoms with van der Waals surface area (Å²) in [5, 5.41) is 9.99. The average Bonchev–Trinajstić information content (AvgIpc) is 2.54. The maximum Gasteiger partial charge on any atom is 0.0802 e. The Morgan fingerprint density at radius 1 is 1.13 bits per heavy atom. The number of thioether (sulfide) groups is 1. The summed E-state index contributed by atoms with van der Waals surface area (Å²) in [5.74, 6) is 7.14. The predicted molar refractivity (Wildman–Crippen MR) is 98.6 cm³/mol. The van der Waals surface area contributed by atoms with Gasteiger partial charge in [-0.2, -0.15) is 0 Å². The molecular weight excluding hydrogens is 302 g/mol. The first-order valence-electron chi connectivity index (χ1n) is 7.78. The van der Waals surface area contributed by atoms with Crippen LogP contribution in [0, 0.1) is 25.7 Å². The average molecular weight is 325 g/mol. The van der Waals surface area contributed by atoms with E-state index in [0.29, 0.717) is 13.0 Å². The Morgan fingerprint density at radius 2 is 1.83 bits per heavy atom. The molecule has 0 amide bonds. The number of benzene rings is 2. The van der Waals surface area contributed by atoms with E-state index < -0.39 is 6.10 Å². The summed E-state index contributed by atoms with van der Waals surface area (Å²) >= 11 is 1.77. The highest BCUT2D eigenvalue weighted by Crippen LogP contribution is 2.25. The molecule has 3 heteroatoms. The molecule has 0 fully saturated rings. The van der Waals surface area contributed by atoms with Crippen LogP contribution in [0.1, 0.15) is 34.8 Å². The van der Waals surface area contributed by atoms with Gasteiger partial charge in [0, 0.05) is 10.5 Å². The molecular formula is C20H23NOS. The van der Waals surface area contributed by atoms with Crippen LogP contribution < -0.4 is 5.73 Å². The summed E-state index contributed by atoms with van der Waals surface area (Å²) in [4.78, 5) is 1.31. The fourth-order valence-electron chi connectivity index (χ4n) is 2.42. The molecule has 0 bridgehead atoms. The smallest absolute Gasteiger partial charge is 0.0802 e. The summed E-state index contributed by atoms with van der Waals surface area (Å²) < 4.78 is 0. The van der Waals surface area contributed by atoms with Crippen LogP contribution in [-0.2, 0) is 0 Å². The van der Waals surface area contributed by atoms with Gasteiger partial charge in [0.1, 0.15) is 0 Å². The second-order valence-electron chi connectivity index (χ2n) is 5.53. The van der Waals surface area contributed by atoms with E-state index in [2.05, 4.69) is 43.9 Å². The minimum Gasteiger partial charge on any atom is -0.388 e. The number of hydrogen-bond donors (Lipinski definition) is 2. The Balaban J connectivity index is 2.01. The van der Waals surface area contributed by atoms with Gasteiger partial charge in [-0.25, -0.2) is 0 Å². The fourth-order valence-corrected chi connectivity index (χ4v) is 3.30. The molecule has 23 heavy (non-hydrogen) atoms. The van der Waals surface area contributed by atoms with Gasteiger partial charge < -0.3 is 10.8 Å². The Labute approximate surface area is 143 Å². The molecule has 0 aliphatic carbocycles. The molecule has 0 heterocycles. The van der Waals surface area contributed by atoms with Crippen LogP contribution in [-0.4, -0.2) is 17.4 Å². The topological polar surface area (TPSA) is 46.2 Å². The van der Waals surface area contributed by atoms with Crippen LogP contribution in [0.5, 0.6) is 0 Å². The number of aryl methyl sites for hydroxylation is 2. The molecule has 1 unspecified atom stereocenters. The molecule has 2 aromatic rings. The van der Waals surface area contributed by atoms with Crippen molar-refractivity contribution in [1.82, 2.24) is 0 Å². The van der Waals surface area contributed by atoms with Gasteiger partial charge in [0.05, 0.1) is 11.9 Å². The molecule has 0 aromatic heterocycles. The van der Waals surface area contributed by atoms with E-state index in [1.54, 1.807) is 11.8 Å². The van der Waals surface area contributed by atoms with Crippen molar-refractivity contribution in [3.05, 3.63) is 64.7 Å². The van der Waals surface area contributed by atoms with Crippen molar-refractivity contribution in [3.63, 3.8) is 0 Å². The highest BCUT2D eigenvalue weighted by atomic mass is 32.2. The second kappa shape index (κ2) is 8.79. The molecule has 2 nitrogen and oxygen atoms in total. The van der Waals surface area contributed by atoms with Crippen molar-refractivity contribution in [2.75, 3.05) is 12.3 Å². The molecule has 3 N–H and O–H groups in total. The number of aliphatic hydroxyl groups is 1. The van der Waals surface area contributed by atoms with Crippen molar-refractivity contribution in [2.45, 2.75) is 31.3 Å². The lowest BCUT2D eigenvalue weighted by atomic mass is 10.0. The monoisotopic (exact) mass is 325 g/mol. The van der Waals surface area contributed by atoms with Crippen molar-refractivity contribution < 1.29 is 5.11 Å². The molecule has 0 radical (unpaired) electrons. The summed E-state index contributed by atoms with van der Waals surface area (Å²) in [7, 11) is 0. The van der Waals surface area contributed by atoms with E-state index in [0.717, 1.165) is 16.9 Å². The predicted octanol–water partition coefficient (Wildman–Crippen LogP) is 3.83.